The van der Waals surface area contributed by atoms with Crippen LogP contribution in [-0.4, -0.2) is 36.3 Å². The number of likely N-dealkylation sites (tertiary alicyclic amines) is 1. The third-order valence-corrected chi connectivity index (χ3v) is 7.29. The van der Waals surface area contributed by atoms with Crippen molar-refractivity contribution in [2.45, 2.75) is 26.2 Å². The first-order valence-electron chi connectivity index (χ1n) is 10.5. The molecule has 0 saturated carbocycles. The first kappa shape index (κ1) is 21.5. The van der Waals surface area contributed by atoms with Gasteiger partial charge in [0.2, 0.25) is 5.91 Å². The highest BCUT2D eigenvalue weighted by atomic mass is 32.1. The van der Waals surface area contributed by atoms with Crippen molar-refractivity contribution >= 4 is 38.9 Å². The number of nitrogens with zero attached hydrogens (tertiary/aromatic N) is 1. The van der Waals surface area contributed by atoms with Gasteiger partial charge in [0.05, 0.1) is 4.88 Å². The van der Waals surface area contributed by atoms with Gasteiger partial charge in [-0.05, 0) is 86.1 Å². The largest absolute Gasteiger partial charge is 0.369 e. The number of aryl methyl sites for hydroxylation is 1. The fourth-order valence-corrected chi connectivity index (χ4v) is 5.17. The molecule has 2 amide bonds. The minimum atomic E-state index is -0.298. The zero-order valence-electron chi connectivity index (χ0n) is 17.5. The second kappa shape index (κ2) is 9.16. The standard InChI is InChI=1S/C24H26FN3O2S/c1-15-20-14-18(25)4-7-21(20)31-22(15)24(30)27-19-5-2-16(3-6-19)8-11-28-12-9-17(10-13-28)23(26)29/h2-7,14,17H,8-13H2,1H3,(H2,26,29)(H,27,30). The SMILES string of the molecule is Cc1c(C(=O)Nc2ccc(CCN3CCC(C(N)=O)CC3)cc2)sc2ccc(F)cc12. The normalized spacial score (nSPS) is 15.3. The molecule has 3 aromatic rings. The van der Waals surface area contributed by atoms with E-state index in [1.165, 1.54) is 29.0 Å². The Morgan fingerprint density at radius 2 is 1.87 bits per heavy atom. The molecule has 1 fully saturated rings. The molecule has 1 aliphatic heterocycles. The number of nitrogens with two attached hydrogens (primary N) is 1. The van der Waals surface area contributed by atoms with Gasteiger partial charge in [0.25, 0.3) is 5.91 Å². The van der Waals surface area contributed by atoms with Gasteiger partial charge in [-0.1, -0.05) is 12.1 Å². The summed E-state index contributed by atoms with van der Waals surface area (Å²) in [5.41, 5.74) is 8.13. The van der Waals surface area contributed by atoms with Crippen LogP contribution in [0.25, 0.3) is 10.1 Å². The molecule has 1 aromatic heterocycles. The minimum Gasteiger partial charge on any atom is -0.369 e. The quantitative estimate of drug-likeness (QED) is 0.600. The maximum Gasteiger partial charge on any atom is 0.266 e. The number of carbonyl (C=O) groups is 2. The molecular weight excluding hydrogens is 413 g/mol. The Bertz CT molecular complexity index is 1100. The highest BCUT2D eigenvalue weighted by molar-refractivity contribution is 7.21. The van der Waals surface area contributed by atoms with Gasteiger partial charge >= 0.3 is 0 Å². The van der Waals surface area contributed by atoms with Crippen LogP contribution in [0.15, 0.2) is 42.5 Å². The fraction of sp³-hybridized carbons (Fsp3) is 0.333. The lowest BCUT2D eigenvalue weighted by Gasteiger charge is -2.30. The lowest BCUT2D eigenvalue weighted by Crippen LogP contribution is -2.39. The number of piperidine rings is 1. The Morgan fingerprint density at radius 3 is 2.55 bits per heavy atom. The molecule has 7 heteroatoms. The number of halogens is 1. The Hall–Kier alpha value is -2.77. The lowest BCUT2D eigenvalue weighted by atomic mass is 9.96. The monoisotopic (exact) mass is 439 g/mol. The maximum absolute atomic E-state index is 13.5. The summed E-state index contributed by atoms with van der Waals surface area (Å²) in [6, 6.07) is 12.5. The summed E-state index contributed by atoms with van der Waals surface area (Å²) in [4.78, 5) is 27.0. The molecule has 31 heavy (non-hydrogen) atoms. The van der Waals surface area contributed by atoms with Crippen molar-refractivity contribution in [3.63, 3.8) is 0 Å². The highest BCUT2D eigenvalue weighted by Crippen LogP contribution is 2.32. The van der Waals surface area contributed by atoms with Crippen molar-refractivity contribution in [1.29, 1.82) is 0 Å². The Morgan fingerprint density at radius 1 is 1.16 bits per heavy atom. The number of hydrogen-bond donors (Lipinski definition) is 2. The molecule has 0 aliphatic carbocycles. The third kappa shape index (κ3) is 4.94. The molecule has 0 radical (unpaired) electrons. The summed E-state index contributed by atoms with van der Waals surface area (Å²) in [5.74, 6) is -0.643. The van der Waals surface area contributed by atoms with Gasteiger partial charge in [-0.2, -0.15) is 0 Å². The van der Waals surface area contributed by atoms with Gasteiger partial charge in [-0.15, -0.1) is 11.3 Å². The molecule has 162 valence electrons. The first-order valence-corrected chi connectivity index (χ1v) is 11.3. The number of benzene rings is 2. The second-order valence-electron chi connectivity index (χ2n) is 8.12. The topological polar surface area (TPSA) is 75.4 Å². The number of thiophene rings is 1. The van der Waals surface area contributed by atoms with Crippen molar-refractivity contribution in [1.82, 2.24) is 4.90 Å². The zero-order valence-corrected chi connectivity index (χ0v) is 18.3. The van der Waals surface area contributed by atoms with Crippen LogP contribution in [-0.2, 0) is 11.2 Å². The maximum atomic E-state index is 13.5. The molecule has 2 heterocycles. The number of carbonyl (C=O) groups excluding carboxylic acids is 2. The van der Waals surface area contributed by atoms with Gasteiger partial charge in [-0.25, -0.2) is 4.39 Å². The molecule has 0 unspecified atom stereocenters. The number of nitrogens with one attached hydrogen (secondary N) is 1. The Kier molecular flexibility index (Phi) is 6.34. The van der Waals surface area contributed by atoms with E-state index in [4.69, 9.17) is 5.73 Å². The van der Waals surface area contributed by atoms with Gasteiger partial charge in [-0.3, -0.25) is 9.59 Å². The smallest absolute Gasteiger partial charge is 0.266 e. The Labute approximate surface area is 185 Å². The first-order chi connectivity index (χ1) is 14.9. The number of fused-ring (bicyclic) bond motifs is 1. The number of hydrogen-bond acceptors (Lipinski definition) is 4. The van der Waals surface area contributed by atoms with E-state index in [9.17, 15) is 14.0 Å². The highest BCUT2D eigenvalue weighted by Gasteiger charge is 2.22. The number of anilines is 1. The zero-order chi connectivity index (χ0) is 22.0. The van der Waals surface area contributed by atoms with Crippen LogP contribution in [0.2, 0.25) is 0 Å². The summed E-state index contributed by atoms with van der Waals surface area (Å²) >= 11 is 1.38. The van der Waals surface area contributed by atoms with E-state index in [1.807, 2.05) is 31.2 Å². The van der Waals surface area contributed by atoms with E-state index in [0.717, 1.165) is 60.2 Å². The van der Waals surface area contributed by atoms with E-state index < -0.39 is 0 Å². The number of amides is 2. The van der Waals surface area contributed by atoms with Gasteiger partial charge in [0.1, 0.15) is 5.82 Å². The van der Waals surface area contributed by atoms with E-state index in [1.54, 1.807) is 6.07 Å². The minimum absolute atomic E-state index is 0.0164. The molecule has 1 saturated heterocycles. The van der Waals surface area contributed by atoms with E-state index in [2.05, 4.69) is 10.2 Å². The predicted molar refractivity (Wildman–Crippen MR) is 123 cm³/mol. The average Bonchev–Trinajstić information content (AvgIpc) is 3.09. The third-order valence-electron chi connectivity index (χ3n) is 6.02. The van der Waals surface area contributed by atoms with Crippen molar-refractivity contribution < 1.29 is 14.0 Å². The van der Waals surface area contributed by atoms with Crippen molar-refractivity contribution in [3.05, 3.63) is 64.3 Å². The van der Waals surface area contributed by atoms with Crippen LogP contribution in [0.1, 0.15) is 33.6 Å². The summed E-state index contributed by atoms with van der Waals surface area (Å²) in [5, 5.41) is 3.73. The molecule has 0 bridgehead atoms. The van der Waals surface area contributed by atoms with E-state index in [0.29, 0.717) is 4.88 Å². The van der Waals surface area contributed by atoms with Crippen LogP contribution in [0.3, 0.4) is 0 Å². The molecule has 2 aromatic carbocycles. The summed E-state index contributed by atoms with van der Waals surface area (Å²) in [7, 11) is 0. The van der Waals surface area contributed by atoms with Crippen molar-refractivity contribution in [2.75, 3.05) is 25.0 Å². The Balaban J connectivity index is 1.33. The average molecular weight is 440 g/mol. The molecule has 1 aliphatic rings. The van der Waals surface area contributed by atoms with Crippen LogP contribution in [0.4, 0.5) is 10.1 Å². The molecule has 3 N–H and O–H groups in total. The van der Waals surface area contributed by atoms with Crippen LogP contribution >= 0.6 is 11.3 Å². The number of primary amides is 1. The molecule has 5 nitrogen and oxygen atoms in total. The summed E-state index contributed by atoms with van der Waals surface area (Å²) < 4.78 is 14.4. The van der Waals surface area contributed by atoms with Crippen LogP contribution in [0.5, 0.6) is 0 Å². The van der Waals surface area contributed by atoms with Crippen LogP contribution in [0, 0.1) is 18.7 Å². The van der Waals surface area contributed by atoms with Crippen LogP contribution < -0.4 is 11.1 Å². The second-order valence-corrected chi connectivity index (χ2v) is 9.17. The molecular formula is C24H26FN3O2S. The summed E-state index contributed by atoms with van der Waals surface area (Å²) in [6.07, 6.45) is 2.59. The van der Waals surface area contributed by atoms with Gasteiger partial charge < -0.3 is 16.0 Å². The lowest BCUT2D eigenvalue weighted by molar-refractivity contribution is -0.123. The van der Waals surface area contributed by atoms with Gasteiger partial charge in [0.15, 0.2) is 0 Å². The van der Waals surface area contributed by atoms with Crippen molar-refractivity contribution in [3.8, 4) is 0 Å². The molecule has 4 rings (SSSR count). The summed E-state index contributed by atoms with van der Waals surface area (Å²) in [6.45, 7) is 4.59. The van der Waals surface area contributed by atoms with Gasteiger partial charge in [0, 0.05) is 22.8 Å². The van der Waals surface area contributed by atoms with Crippen molar-refractivity contribution in [2.24, 2.45) is 11.7 Å². The molecule has 0 spiro atoms. The number of rotatable bonds is 6. The van der Waals surface area contributed by atoms with E-state index in [-0.39, 0.29) is 23.5 Å². The fourth-order valence-electron chi connectivity index (χ4n) is 4.08. The predicted octanol–water partition coefficient (Wildman–Crippen LogP) is 4.34. The molecule has 0 atom stereocenters. The van der Waals surface area contributed by atoms with E-state index >= 15 is 0 Å².